The summed E-state index contributed by atoms with van der Waals surface area (Å²) in [5.74, 6) is 0.454. The molecule has 1 aromatic heterocycles. The fourth-order valence-corrected chi connectivity index (χ4v) is 1.86. The summed E-state index contributed by atoms with van der Waals surface area (Å²) in [7, 11) is 0. The van der Waals surface area contributed by atoms with Crippen molar-refractivity contribution in [3.8, 4) is 6.07 Å². The molecule has 3 nitrogen and oxygen atoms in total. The van der Waals surface area contributed by atoms with E-state index in [0.29, 0.717) is 12.4 Å². The molecule has 0 radical (unpaired) electrons. The standard InChI is InChI=1S/C15H17N3/c1-15(2,3)13-6-4-12(5-7-13)11-18-9-8-17-14(18)10-16/h4-9H,11H2,1-3H3. The second-order valence-electron chi connectivity index (χ2n) is 5.44. The first-order valence-corrected chi connectivity index (χ1v) is 6.01. The maximum absolute atomic E-state index is 8.90. The van der Waals surface area contributed by atoms with E-state index in [0.717, 1.165) is 0 Å². The smallest absolute Gasteiger partial charge is 0.213 e. The van der Waals surface area contributed by atoms with Gasteiger partial charge < -0.3 is 4.57 Å². The molecule has 2 rings (SSSR count). The van der Waals surface area contributed by atoms with Gasteiger partial charge in [-0.25, -0.2) is 4.98 Å². The molecule has 0 aliphatic rings. The number of rotatable bonds is 2. The number of nitrogens with zero attached hydrogens (tertiary/aromatic N) is 3. The van der Waals surface area contributed by atoms with Gasteiger partial charge >= 0.3 is 0 Å². The molecule has 0 atom stereocenters. The van der Waals surface area contributed by atoms with Gasteiger partial charge in [-0.2, -0.15) is 5.26 Å². The van der Waals surface area contributed by atoms with Crippen molar-refractivity contribution in [3.63, 3.8) is 0 Å². The van der Waals surface area contributed by atoms with Gasteiger partial charge in [-0.1, -0.05) is 45.0 Å². The summed E-state index contributed by atoms with van der Waals surface area (Å²) in [5.41, 5.74) is 2.67. The normalized spacial score (nSPS) is 11.2. The van der Waals surface area contributed by atoms with Gasteiger partial charge in [-0.3, -0.25) is 0 Å². The SMILES string of the molecule is CC(C)(C)c1ccc(Cn2ccnc2C#N)cc1. The molecule has 0 aliphatic heterocycles. The lowest BCUT2D eigenvalue weighted by Crippen LogP contribution is -2.11. The Hall–Kier alpha value is -2.08. The maximum Gasteiger partial charge on any atom is 0.213 e. The van der Waals surface area contributed by atoms with Crippen LogP contribution < -0.4 is 0 Å². The van der Waals surface area contributed by atoms with Crippen LogP contribution in [-0.2, 0) is 12.0 Å². The minimum Gasteiger partial charge on any atom is -0.318 e. The van der Waals surface area contributed by atoms with Crippen LogP contribution in [0.4, 0.5) is 0 Å². The minimum absolute atomic E-state index is 0.172. The first kappa shape index (κ1) is 12.4. The molecule has 0 aliphatic carbocycles. The molecule has 0 unspecified atom stereocenters. The second kappa shape index (κ2) is 4.66. The molecule has 92 valence electrons. The monoisotopic (exact) mass is 239 g/mol. The number of nitriles is 1. The van der Waals surface area contributed by atoms with Gasteiger partial charge in [0.2, 0.25) is 5.82 Å². The Labute approximate surface area is 108 Å². The van der Waals surface area contributed by atoms with Crippen molar-refractivity contribution in [1.29, 1.82) is 5.26 Å². The second-order valence-corrected chi connectivity index (χ2v) is 5.44. The lowest BCUT2D eigenvalue weighted by molar-refractivity contribution is 0.589. The van der Waals surface area contributed by atoms with E-state index in [2.05, 4.69) is 56.1 Å². The van der Waals surface area contributed by atoms with Crippen LogP contribution in [0, 0.1) is 11.3 Å². The first-order valence-electron chi connectivity index (χ1n) is 6.01. The third-order valence-corrected chi connectivity index (χ3v) is 2.99. The van der Waals surface area contributed by atoms with Crippen LogP contribution in [0.5, 0.6) is 0 Å². The summed E-state index contributed by atoms with van der Waals surface area (Å²) in [4.78, 5) is 3.99. The predicted octanol–water partition coefficient (Wildman–Crippen LogP) is 3.10. The Morgan fingerprint density at radius 1 is 1.22 bits per heavy atom. The van der Waals surface area contributed by atoms with Crippen LogP contribution >= 0.6 is 0 Å². The number of hydrogen-bond acceptors (Lipinski definition) is 2. The van der Waals surface area contributed by atoms with Crippen LogP contribution in [0.2, 0.25) is 0 Å². The van der Waals surface area contributed by atoms with Gasteiger partial charge in [-0.15, -0.1) is 0 Å². The topological polar surface area (TPSA) is 41.6 Å². The molecule has 1 heterocycles. The average molecular weight is 239 g/mol. The maximum atomic E-state index is 8.90. The fourth-order valence-electron chi connectivity index (χ4n) is 1.86. The molecule has 0 fully saturated rings. The van der Waals surface area contributed by atoms with Crippen LogP contribution in [0.1, 0.15) is 37.7 Å². The minimum atomic E-state index is 0.172. The highest BCUT2D eigenvalue weighted by atomic mass is 15.1. The molecule has 1 aromatic carbocycles. The van der Waals surface area contributed by atoms with Crippen molar-refractivity contribution in [1.82, 2.24) is 9.55 Å². The highest BCUT2D eigenvalue weighted by molar-refractivity contribution is 5.28. The summed E-state index contributed by atoms with van der Waals surface area (Å²) in [6.45, 7) is 7.29. The van der Waals surface area contributed by atoms with E-state index in [1.807, 2.05) is 10.8 Å². The zero-order valence-electron chi connectivity index (χ0n) is 11.0. The molecule has 0 spiro atoms. The Morgan fingerprint density at radius 2 is 1.89 bits per heavy atom. The molecule has 0 saturated carbocycles. The highest BCUT2D eigenvalue weighted by Gasteiger charge is 2.12. The van der Waals surface area contributed by atoms with Crippen LogP contribution in [0.3, 0.4) is 0 Å². The molecule has 0 amide bonds. The number of aromatic nitrogens is 2. The van der Waals surface area contributed by atoms with Crippen molar-refractivity contribution in [2.75, 3.05) is 0 Å². The zero-order valence-corrected chi connectivity index (χ0v) is 11.0. The van der Waals surface area contributed by atoms with Crippen LogP contribution in [0.15, 0.2) is 36.7 Å². The van der Waals surface area contributed by atoms with E-state index in [-0.39, 0.29) is 5.41 Å². The van der Waals surface area contributed by atoms with Gasteiger partial charge in [0.05, 0.1) is 0 Å². The van der Waals surface area contributed by atoms with E-state index in [4.69, 9.17) is 5.26 Å². The number of hydrogen-bond donors (Lipinski definition) is 0. The third kappa shape index (κ3) is 2.60. The van der Waals surface area contributed by atoms with Gasteiger partial charge in [0.15, 0.2) is 0 Å². The van der Waals surface area contributed by atoms with Crippen LogP contribution in [-0.4, -0.2) is 9.55 Å². The molecule has 0 N–H and O–H groups in total. The third-order valence-electron chi connectivity index (χ3n) is 2.99. The first-order chi connectivity index (χ1) is 8.50. The van der Waals surface area contributed by atoms with Crippen molar-refractivity contribution >= 4 is 0 Å². The fraction of sp³-hybridized carbons (Fsp3) is 0.333. The lowest BCUT2D eigenvalue weighted by atomic mass is 9.87. The molecule has 18 heavy (non-hydrogen) atoms. The number of benzene rings is 1. The zero-order chi connectivity index (χ0) is 13.2. The molecule has 2 aromatic rings. The highest BCUT2D eigenvalue weighted by Crippen LogP contribution is 2.22. The van der Waals surface area contributed by atoms with Gasteiger partial charge in [-0.05, 0) is 16.5 Å². The summed E-state index contributed by atoms with van der Waals surface area (Å²) in [6, 6.07) is 10.6. The molecular formula is C15H17N3. The van der Waals surface area contributed by atoms with E-state index in [1.165, 1.54) is 11.1 Å². The van der Waals surface area contributed by atoms with Crippen LogP contribution in [0.25, 0.3) is 0 Å². The summed E-state index contributed by atoms with van der Waals surface area (Å²) in [6.07, 6.45) is 3.48. The average Bonchev–Trinajstić information content (AvgIpc) is 2.76. The van der Waals surface area contributed by atoms with E-state index in [1.54, 1.807) is 6.20 Å². The van der Waals surface area contributed by atoms with Crippen molar-refractivity contribution in [3.05, 3.63) is 53.6 Å². The Bertz CT molecular complexity index is 565. The Balaban J connectivity index is 2.19. The van der Waals surface area contributed by atoms with E-state index in [9.17, 15) is 0 Å². The van der Waals surface area contributed by atoms with Gasteiger partial charge in [0, 0.05) is 18.9 Å². The van der Waals surface area contributed by atoms with Gasteiger partial charge in [0.1, 0.15) is 6.07 Å². The summed E-state index contributed by atoms with van der Waals surface area (Å²) >= 11 is 0. The largest absolute Gasteiger partial charge is 0.318 e. The number of imidazole rings is 1. The predicted molar refractivity (Wildman–Crippen MR) is 71.2 cm³/mol. The molecule has 0 bridgehead atoms. The van der Waals surface area contributed by atoms with Crippen molar-refractivity contribution in [2.45, 2.75) is 32.7 Å². The quantitative estimate of drug-likeness (QED) is 0.808. The van der Waals surface area contributed by atoms with Crippen molar-refractivity contribution < 1.29 is 0 Å². The lowest BCUT2D eigenvalue weighted by Gasteiger charge is -2.19. The summed E-state index contributed by atoms with van der Waals surface area (Å²) < 4.78 is 1.85. The van der Waals surface area contributed by atoms with Crippen molar-refractivity contribution in [2.24, 2.45) is 0 Å². The molecular weight excluding hydrogens is 222 g/mol. The summed E-state index contributed by atoms with van der Waals surface area (Å²) in [5, 5.41) is 8.90. The Kier molecular flexibility index (Phi) is 3.20. The molecule has 3 heteroatoms. The van der Waals surface area contributed by atoms with Gasteiger partial charge in [0.25, 0.3) is 0 Å². The van der Waals surface area contributed by atoms with E-state index < -0.39 is 0 Å². The Morgan fingerprint density at radius 3 is 2.44 bits per heavy atom. The molecule has 0 saturated heterocycles. The van der Waals surface area contributed by atoms with E-state index >= 15 is 0 Å².